The molecule has 7 heteroatoms. The molecule has 0 atom stereocenters. The van der Waals surface area contributed by atoms with E-state index in [1.165, 1.54) is 11.3 Å². The summed E-state index contributed by atoms with van der Waals surface area (Å²) >= 11 is 1.52. The van der Waals surface area contributed by atoms with Crippen LogP contribution in [-0.2, 0) is 4.74 Å². The predicted molar refractivity (Wildman–Crippen MR) is 115 cm³/mol. The van der Waals surface area contributed by atoms with Gasteiger partial charge in [0.15, 0.2) is 5.69 Å². The highest BCUT2D eigenvalue weighted by Gasteiger charge is 2.19. The van der Waals surface area contributed by atoms with Gasteiger partial charge in [-0.2, -0.15) is 0 Å². The maximum Gasteiger partial charge on any atom is 0.276 e. The Bertz CT molecular complexity index is 1130. The first-order valence-electron chi connectivity index (χ1n) is 9.09. The maximum absolute atomic E-state index is 12.8. The minimum atomic E-state index is -0.289. The van der Waals surface area contributed by atoms with Gasteiger partial charge in [-0.25, -0.2) is 0 Å². The average molecular weight is 405 g/mol. The molecule has 0 saturated carbocycles. The Morgan fingerprint density at radius 3 is 2.62 bits per heavy atom. The zero-order valence-electron chi connectivity index (χ0n) is 15.8. The Labute approximate surface area is 172 Å². The van der Waals surface area contributed by atoms with Crippen molar-refractivity contribution in [1.82, 2.24) is 10.2 Å². The van der Waals surface area contributed by atoms with Crippen LogP contribution < -0.4 is 10.1 Å². The summed E-state index contributed by atoms with van der Waals surface area (Å²) < 4.78 is 11.8. The fourth-order valence-electron chi connectivity index (χ4n) is 2.96. The van der Waals surface area contributed by atoms with Gasteiger partial charge in [0, 0.05) is 23.7 Å². The van der Waals surface area contributed by atoms with Crippen molar-refractivity contribution < 1.29 is 14.3 Å². The summed E-state index contributed by atoms with van der Waals surface area (Å²) in [6.45, 7) is 0.930. The number of carbonyl (C=O) groups excluding carboxylic acids is 1. The molecule has 29 heavy (non-hydrogen) atoms. The van der Waals surface area contributed by atoms with Crippen LogP contribution in [0, 0.1) is 0 Å². The van der Waals surface area contributed by atoms with Crippen molar-refractivity contribution in [2.75, 3.05) is 25.6 Å². The van der Waals surface area contributed by atoms with E-state index in [0.29, 0.717) is 36.0 Å². The number of aromatic nitrogens is 2. The molecule has 2 heterocycles. The number of thiophene rings is 1. The topological polar surface area (TPSA) is 73.3 Å². The van der Waals surface area contributed by atoms with Crippen LogP contribution in [0.3, 0.4) is 0 Å². The lowest BCUT2D eigenvalue weighted by Crippen LogP contribution is -2.15. The standard InChI is InChI=1S/C22H19N3O3S/c1-27-12-13-28-18-10-6-5-9-16(18)19-21-17(11-14-29-21)20(25-24-19)22(26)23-15-7-3-2-4-8-15/h2-11,14H,12-13H2,1H3,(H,23,26). The van der Waals surface area contributed by atoms with Crippen LogP contribution in [0.2, 0.25) is 0 Å². The van der Waals surface area contributed by atoms with Crippen LogP contribution >= 0.6 is 11.3 Å². The number of anilines is 1. The van der Waals surface area contributed by atoms with E-state index in [0.717, 1.165) is 15.6 Å². The zero-order valence-corrected chi connectivity index (χ0v) is 16.6. The lowest BCUT2D eigenvalue weighted by atomic mass is 10.1. The number of para-hydroxylation sites is 2. The largest absolute Gasteiger partial charge is 0.490 e. The van der Waals surface area contributed by atoms with Gasteiger partial charge in [-0.1, -0.05) is 30.3 Å². The van der Waals surface area contributed by atoms with Crippen LogP contribution in [0.1, 0.15) is 10.5 Å². The van der Waals surface area contributed by atoms with Gasteiger partial charge in [-0.15, -0.1) is 21.5 Å². The van der Waals surface area contributed by atoms with E-state index in [9.17, 15) is 4.79 Å². The molecule has 0 aliphatic carbocycles. The van der Waals surface area contributed by atoms with E-state index >= 15 is 0 Å². The van der Waals surface area contributed by atoms with Crippen molar-refractivity contribution >= 4 is 33.0 Å². The van der Waals surface area contributed by atoms with Gasteiger partial charge in [0.1, 0.15) is 18.1 Å². The molecule has 1 amide bonds. The van der Waals surface area contributed by atoms with Crippen molar-refractivity contribution in [3.8, 4) is 17.0 Å². The van der Waals surface area contributed by atoms with Gasteiger partial charge in [0.05, 0.1) is 11.3 Å². The Balaban J connectivity index is 1.70. The molecule has 2 aromatic carbocycles. The van der Waals surface area contributed by atoms with Gasteiger partial charge in [0.25, 0.3) is 5.91 Å². The minimum absolute atomic E-state index is 0.289. The molecule has 6 nitrogen and oxygen atoms in total. The van der Waals surface area contributed by atoms with E-state index in [2.05, 4.69) is 15.5 Å². The van der Waals surface area contributed by atoms with Crippen LogP contribution in [0.4, 0.5) is 5.69 Å². The number of rotatable bonds is 7. The number of hydrogen-bond donors (Lipinski definition) is 1. The Hall–Kier alpha value is -3.29. The molecule has 0 unspecified atom stereocenters. The quantitative estimate of drug-likeness (QED) is 0.454. The average Bonchev–Trinajstić information content (AvgIpc) is 3.24. The van der Waals surface area contributed by atoms with Gasteiger partial charge < -0.3 is 14.8 Å². The zero-order chi connectivity index (χ0) is 20.1. The van der Waals surface area contributed by atoms with E-state index in [1.807, 2.05) is 66.0 Å². The summed E-state index contributed by atoms with van der Waals surface area (Å²) in [5, 5.41) is 14.2. The summed E-state index contributed by atoms with van der Waals surface area (Å²) in [7, 11) is 1.63. The van der Waals surface area contributed by atoms with Crippen molar-refractivity contribution in [2.45, 2.75) is 0 Å². The second-order valence-electron chi connectivity index (χ2n) is 6.22. The summed E-state index contributed by atoms with van der Waals surface area (Å²) in [4.78, 5) is 12.8. The number of fused-ring (bicyclic) bond motifs is 1. The van der Waals surface area contributed by atoms with Gasteiger partial charge in [0.2, 0.25) is 0 Å². The van der Waals surface area contributed by atoms with Crippen molar-refractivity contribution in [3.63, 3.8) is 0 Å². The smallest absolute Gasteiger partial charge is 0.276 e. The Morgan fingerprint density at radius 1 is 1.00 bits per heavy atom. The number of hydrogen-bond acceptors (Lipinski definition) is 6. The maximum atomic E-state index is 12.8. The summed E-state index contributed by atoms with van der Waals surface area (Å²) in [6.07, 6.45) is 0. The van der Waals surface area contributed by atoms with Crippen LogP contribution in [0.25, 0.3) is 21.3 Å². The van der Waals surface area contributed by atoms with Gasteiger partial charge >= 0.3 is 0 Å². The molecule has 0 aliphatic heterocycles. The van der Waals surface area contributed by atoms with E-state index < -0.39 is 0 Å². The molecule has 1 N–H and O–H groups in total. The molecule has 2 aromatic heterocycles. The van der Waals surface area contributed by atoms with E-state index in [4.69, 9.17) is 9.47 Å². The van der Waals surface area contributed by atoms with Gasteiger partial charge in [-0.05, 0) is 35.7 Å². The van der Waals surface area contributed by atoms with Crippen LogP contribution in [0.15, 0.2) is 66.0 Å². The van der Waals surface area contributed by atoms with Crippen molar-refractivity contribution in [1.29, 1.82) is 0 Å². The van der Waals surface area contributed by atoms with E-state index in [1.54, 1.807) is 7.11 Å². The number of amides is 1. The molecule has 0 spiro atoms. The third-order valence-electron chi connectivity index (χ3n) is 4.32. The number of carbonyl (C=O) groups is 1. The fourth-order valence-corrected chi connectivity index (χ4v) is 3.85. The predicted octanol–water partition coefficient (Wildman–Crippen LogP) is 4.64. The SMILES string of the molecule is COCCOc1ccccc1-c1nnc(C(=O)Nc2ccccc2)c2ccsc12. The van der Waals surface area contributed by atoms with Gasteiger partial charge in [-0.3, -0.25) is 4.79 Å². The third kappa shape index (κ3) is 4.11. The summed E-state index contributed by atoms with van der Waals surface area (Å²) in [5.74, 6) is 0.415. The molecule has 0 saturated heterocycles. The molecule has 0 radical (unpaired) electrons. The van der Waals surface area contributed by atoms with E-state index in [-0.39, 0.29) is 5.91 Å². The molecule has 4 aromatic rings. The number of benzene rings is 2. The van der Waals surface area contributed by atoms with Crippen molar-refractivity contribution in [3.05, 3.63) is 71.7 Å². The molecular formula is C22H19N3O3S. The molecule has 0 bridgehead atoms. The van der Waals surface area contributed by atoms with Crippen molar-refractivity contribution in [2.24, 2.45) is 0 Å². The first kappa shape index (κ1) is 19.0. The molecular weight excluding hydrogens is 386 g/mol. The first-order chi connectivity index (χ1) is 14.3. The Kier molecular flexibility index (Phi) is 5.79. The first-order valence-corrected chi connectivity index (χ1v) is 9.97. The number of methoxy groups -OCH3 is 1. The molecule has 0 aliphatic rings. The monoisotopic (exact) mass is 405 g/mol. The van der Waals surface area contributed by atoms with Crippen LogP contribution in [0.5, 0.6) is 5.75 Å². The second kappa shape index (κ2) is 8.81. The highest BCUT2D eigenvalue weighted by atomic mass is 32.1. The number of ether oxygens (including phenoxy) is 2. The highest BCUT2D eigenvalue weighted by molar-refractivity contribution is 7.17. The lowest BCUT2D eigenvalue weighted by molar-refractivity contribution is 0.102. The fraction of sp³-hybridized carbons (Fsp3) is 0.136. The summed E-state index contributed by atoms with van der Waals surface area (Å²) in [6, 6.07) is 18.9. The summed E-state index contributed by atoms with van der Waals surface area (Å²) in [5.41, 5.74) is 2.54. The number of nitrogens with zero attached hydrogens (tertiary/aromatic N) is 2. The normalized spacial score (nSPS) is 10.8. The molecule has 0 fully saturated rings. The minimum Gasteiger partial charge on any atom is -0.490 e. The third-order valence-corrected chi connectivity index (χ3v) is 5.24. The number of nitrogens with one attached hydrogen (secondary N) is 1. The Morgan fingerprint density at radius 2 is 1.79 bits per heavy atom. The second-order valence-corrected chi connectivity index (χ2v) is 7.13. The van der Waals surface area contributed by atoms with Crippen LogP contribution in [-0.4, -0.2) is 36.4 Å². The molecule has 146 valence electrons. The highest BCUT2D eigenvalue weighted by Crippen LogP contribution is 2.36. The lowest BCUT2D eigenvalue weighted by Gasteiger charge is -2.12. The molecule has 4 rings (SSSR count).